The van der Waals surface area contributed by atoms with Crippen LogP contribution in [-0.4, -0.2) is 52.4 Å². The zero-order valence-electron chi connectivity index (χ0n) is 14.0. The van der Waals surface area contributed by atoms with Gasteiger partial charge >= 0.3 is 0 Å². The predicted molar refractivity (Wildman–Crippen MR) is 93.9 cm³/mol. The van der Waals surface area contributed by atoms with Gasteiger partial charge in [0.1, 0.15) is 0 Å². The zero-order chi connectivity index (χ0) is 16.5. The largest absolute Gasteiger partial charge is 0.387 e. The summed E-state index contributed by atoms with van der Waals surface area (Å²) in [4.78, 5) is 4.70. The number of aliphatic hydroxyl groups excluding tert-OH is 1. The summed E-state index contributed by atoms with van der Waals surface area (Å²) in [5, 5.41) is 18.9. The van der Waals surface area contributed by atoms with Gasteiger partial charge in [-0.3, -0.25) is 4.90 Å². The van der Waals surface area contributed by atoms with Crippen molar-refractivity contribution in [3.05, 3.63) is 53.7 Å². The maximum atomic E-state index is 10.7. The molecular formula is C19H24N4O. The second kappa shape index (κ2) is 6.49. The smallest absolute Gasteiger partial charge is 0.151 e. The molecule has 2 unspecified atom stereocenters. The van der Waals surface area contributed by atoms with Crippen molar-refractivity contribution in [1.82, 2.24) is 15.1 Å². The molecule has 1 aromatic heterocycles. The van der Waals surface area contributed by atoms with Gasteiger partial charge in [-0.25, -0.2) is 0 Å². The van der Waals surface area contributed by atoms with Crippen molar-refractivity contribution < 1.29 is 5.11 Å². The molecular weight excluding hydrogens is 300 g/mol. The molecule has 1 aromatic carbocycles. The van der Waals surface area contributed by atoms with Crippen LogP contribution in [0.1, 0.15) is 30.1 Å². The summed E-state index contributed by atoms with van der Waals surface area (Å²) >= 11 is 0. The summed E-state index contributed by atoms with van der Waals surface area (Å²) < 4.78 is 0. The molecule has 0 saturated carbocycles. The highest BCUT2D eigenvalue weighted by molar-refractivity contribution is 5.37. The van der Waals surface area contributed by atoms with Gasteiger partial charge in [0.25, 0.3) is 0 Å². The number of benzene rings is 1. The second-order valence-corrected chi connectivity index (χ2v) is 6.88. The topological polar surface area (TPSA) is 52.5 Å². The summed E-state index contributed by atoms with van der Waals surface area (Å²) in [6.45, 7) is 2.04. The van der Waals surface area contributed by atoms with E-state index in [4.69, 9.17) is 0 Å². The number of likely N-dealkylation sites (tertiary alicyclic amines) is 1. The van der Waals surface area contributed by atoms with E-state index in [9.17, 15) is 5.11 Å². The summed E-state index contributed by atoms with van der Waals surface area (Å²) in [5.74, 6) is 0.934. The Morgan fingerprint density at radius 2 is 1.92 bits per heavy atom. The minimum absolute atomic E-state index is 0.227. The quantitative estimate of drug-likeness (QED) is 0.936. The lowest BCUT2D eigenvalue weighted by molar-refractivity contribution is 0.0459. The number of fused-ring (bicyclic) bond motifs is 1. The van der Waals surface area contributed by atoms with Crippen LogP contribution < -0.4 is 4.90 Å². The van der Waals surface area contributed by atoms with Crippen molar-refractivity contribution in [3.8, 4) is 0 Å². The fourth-order valence-corrected chi connectivity index (χ4v) is 4.15. The van der Waals surface area contributed by atoms with E-state index in [-0.39, 0.29) is 12.1 Å². The van der Waals surface area contributed by atoms with Crippen molar-refractivity contribution >= 4 is 5.82 Å². The van der Waals surface area contributed by atoms with E-state index in [0.29, 0.717) is 6.04 Å². The van der Waals surface area contributed by atoms with Crippen molar-refractivity contribution in [3.63, 3.8) is 0 Å². The average Bonchev–Trinajstić information content (AvgIpc) is 2.99. The summed E-state index contributed by atoms with van der Waals surface area (Å²) in [7, 11) is 2.10. The molecule has 0 amide bonds. The van der Waals surface area contributed by atoms with Crippen molar-refractivity contribution in [2.45, 2.75) is 37.5 Å². The van der Waals surface area contributed by atoms with Gasteiger partial charge in [0.15, 0.2) is 5.82 Å². The predicted octanol–water partition coefficient (Wildman–Crippen LogP) is 2.04. The Labute approximate surface area is 142 Å². The maximum Gasteiger partial charge on any atom is 0.151 e. The Morgan fingerprint density at radius 3 is 2.62 bits per heavy atom. The van der Waals surface area contributed by atoms with Crippen LogP contribution >= 0.6 is 0 Å². The number of aliphatic hydroxyl groups is 1. The van der Waals surface area contributed by atoms with Gasteiger partial charge in [-0.15, -0.1) is 5.10 Å². The number of hydrogen-bond donors (Lipinski definition) is 1. The fraction of sp³-hybridized carbons (Fsp3) is 0.474. The van der Waals surface area contributed by atoms with E-state index in [1.807, 2.05) is 18.2 Å². The van der Waals surface area contributed by atoms with Crippen LogP contribution in [0.15, 0.2) is 42.6 Å². The van der Waals surface area contributed by atoms with E-state index in [1.54, 1.807) is 6.20 Å². The van der Waals surface area contributed by atoms with Crippen molar-refractivity contribution in [1.29, 1.82) is 0 Å². The van der Waals surface area contributed by atoms with Crippen molar-refractivity contribution in [2.24, 2.45) is 0 Å². The fourth-order valence-electron chi connectivity index (χ4n) is 4.15. The monoisotopic (exact) mass is 324 g/mol. The lowest BCUT2D eigenvalue weighted by atomic mass is 10.00. The molecule has 0 spiro atoms. The van der Waals surface area contributed by atoms with E-state index in [1.165, 1.54) is 5.56 Å². The number of rotatable bonds is 3. The van der Waals surface area contributed by atoms with Crippen LogP contribution in [0, 0.1) is 0 Å². The number of piperidine rings is 1. The lowest BCUT2D eigenvalue weighted by Crippen LogP contribution is -2.48. The van der Waals surface area contributed by atoms with Crippen LogP contribution in [0.2, 0.25) is 0 Å². The Bertz CT molecular complexity index is 685. The lowest BCUT2D eigenvalue weighted by Gasteiger charge is -2.40. The molecule has 0 bridgehead atoms. The molecule has 2 aliphatic rings. The molecule has 5 nitrogen and oxygen atoms in total. The van der Waals surface area contributed by atoms with Gasteiger partial charge in [0.2, 0.25) is 0 Å². The highest BCUT2D eigenvalue weighted by Gasteiger charge is 2.36. The van der Waals surface area contributed by atoms with Crippen LogP contribution in [0.25, 0.3) is 0 Å². The number of hydrogen-bond acceptors (Lipinski definition) is 5. The Kier molecular flexibility index (Phi) is 4.21. The number of nitrogens with zero attached hydrogens (tertiary/aromatic N) is 4. The molecule has 1 fully saturated rings. The Balaban J connectivity index is 1.39. The maximum absolute atomic E-state index is 10.7. The van der Waals surface area contributed by atoms with E-state index < -0.39 is 0 Å². The Morgan fingerprint density at radius 1 is 1.12 bits per heavy atom. The molecule has 1 aliphatic carbocycles. The van der Waals surface area contributed by atoms with Gasteiger partial charge in [-0.05, 0) is 42.5 Å². The van der Waals surface area contributed by atoms with Gasteiger partial charge in [0.05, 0.1) is 6.10 Å². The Hall–Kier alpha value is -1.98. The normalized spacial score (nSPS) is 24.8. The van der Waals surface area contributed by atoms with Crippen LogP contribution in [-0.2, 0) is 6.42 Å². The molecule has 2 heterocycles. The molecule has 2 atom stereocenters. The molecule has 24 heavy (non-hydrogen) atoms. The van der Waals surface area contributed by atoms with E-state index >= 15 is 0 Å². The third-order valence-electron chi connectivity index (χ3n) is 5.60. The van der Waals surface area contributed by atoms with Gasteiger partial charge < -0.3 is 10.0 Å². The first-order valence-corrected chi connectivity index (χ1v) is 8.74. The third kappa shape index (κ3) is 2.78. The van der Waals surface area contributed by atoms with Gasteiger partial charge in [0, 0.05) is 38.4 Å². The standard InChI is InChI=1S/C19H24N4O/c1-22(18-7-4-10-20-21-18)15-8-11-23(12-9-15)17-13-14-5-2-3-6-16(14)19(17)24/h2-7,10,15,17,19,24H,8-9,11-13H2,1H3. The molecule has 4 rings (SSSR count). The summed E-state index contributed by atoms with van der Waals surface area (Å²) in [6.07, 6.45) is 4.50. The van der Waals surface area contributed by atoms with E-state index in [0.717, 1.165) is 43.7 Å². The highest BCUT2D eigenvalue weighted by atomic mass is 16.3. The summed E-state index contributed by atoms with van der Waals surface area (Å²) in [5.41, 5.74) is 2.41. The third-order valence-corrected chi connectivity index (χ3v) is 5.60. The van der Waals surface area contributed by atoms with Crippen molar-refractivity contribution in [2.75, 3.05) is 25.0 Å². The molecule has 0 radical (unpaired) electrons. The number of anilines is 1. The van der Waals surface area contributed by atoms with Crippen LogP contribution in [0.4, 0.5) is 5.82 Å². The SMILES string of the molecule is CN(c1cccnn1)C1CCN(C2Cc3ccccc3C2O)CC1. The first kappa shape index (κ1) is 15.5. The minimum Gasteiger partial charge on any atom is -0.387 e. The molecule has 1 N–H and O–H groups in total. The molecule has 5 heteroatoms. The van der Waals surface area contributed by atoms with Gasteiger partial charge in [-0.1, -0.05) is 24.3 Å². The zero-order valence-corrected chi connectivity index (χ0v) is 14.0. The first-order chi connectivity index (χ1) is 11.7. The van der Waals surface area contributed by atoms with Gasteiger partial charge in [-0.2, -0.15) is 5.10 Å². The number of aromatic nitrogens is 2. The molecule has 1 saturated heterocycles. The molecule has 126 valence electrons. The van der Waals surface area contributed by atoms with Crippen LogP contribution in [0.5, 0.6) is 0 Å². The summed E-state index contributed by atoms with van der Waals surface area (Å²) in [6, 6.07) is 12.9. The highest BCUT2D eigenvalue weighted by Crippen LogP contribution is 2.35. The second-order valence-electron chi connectivity index (χ2n) is 6.88. The van der Waals surface area contributed by atoms with E-state index in [2.05, 4.69) is 45.2 Å². The first-order valence-electron chi connectivity index (χ1n) is 8.74. The van der Waals surface area contributed by atoms with Crippen LogP contribution in [0.3, 0.4) is 0 Å². The molecule has 1 aliphatic heterocycles. The molecule has 2 aromatic rings. The average molecular weight is 324 g/mol. The minimum atomic E-state index is -0.351.